The summed E-state index contributed by atoms with van der Waals surface area (Å²) in [6.07, 6.45) is 1.08. The molecule has 1 saturated heterocycles. The lowest BCUT2D eigenvalue weighted by molar-refractivity contribution is -0.166. The van der Waals surface area contributed by atoms with Gasteiger partial charge in [-0.15, -0.1) is 4.31 Å². The molecule has 6 heteroatoms. The number of aliphatic hydroxyl groups is 1. The van der Waals surface area contributed by atoms with Crippen LogP contribution in [0.15, 0.2) is 0 Å². The van der Waals surface area contributed by atoms with Crippen molar-refractivity contribution >= 4 is 34.0 Å². The fourth-order valence-corrected chi connectivity index (χ4v) is 3.80. The van der Waals surface area contributed by atoms with Crippen LogP contribution in [0.2, 0.25) is 0 Å². The first-order valence-corrected chi connectivity index (χ1v) is 8.62. The Bertz CT molecular complexity index is 275. The minimum Gasteiger partial charge on any atom is -0.597 e. The number of nitrogens with zero attached hydrogens (tertiary/aromatic N) is 1. The predicted molar refractivity (Wildman–Crippen MR) is 83.0 cm³/mol. The zero-order valence-electron chi connectivity index (χ0n) is 11.7. The van der Waals surface area contributed by atoms with Gasteiger partial charge in [0.15, 0.2) is 6.29 Å². The van der Waals surface area contributed by atoms with Gasteiger partial charge in [0.2, 0.25) is 0 Å². The van der Waals surface area contributed by atoms with Gasteiger partial charge >= 0.3 is 0 Å². The highest BCUT2D eigenvalue weighted by Crippen LogP contribution is 2.29. The standard InChI is InChI=1S/C12H24INO3S/c1-8(14(5)18(16)12(2,3)4)10-7-6-9(13)11(15)17-10/h8-11,15H,6-7H2,1-5H3/t8-,9?,10-,11?,18?/m0/s1. The smallest absolute Gasteiger partial charge is 0.166 e. The second kappa shape index (κ2) is 6.58. The van der Waals surface area contributed by atoms with E-state index in [0.29, 0.717) is 0 Å². The monoisotopic (exact) mass is 389 g/mol. The molecule has 1 rings (SSSR count). The molecular formula is C12H24INO3S. The molecule has 0 radical (unpaired) electrons. The summed E-state index contributed by atoms with van der Waals surface area (Å²) >= 11 is 1.15. The van der Waals surface area contributed by atoms with E-state index in [1.165, 1.54) is 0 Å². The lowest BCUT2D eigenvalue weighted by Gasteiger charge is -2.39. The molecule has 0 aromatic heterocycles. The lowest BCUT2D eigenvalue weighted by Crippen LogP contribution is -2.52. The maximum atomic E-state index is 12.3. The molecule has 1 N–H and O–H groups in total. The van der Waals surface area contributed by atoms with Crippen LogP contribution in [0, 0.1) is 0 Å². The fourth-order valence-electron chi connectivity index (χ4n) is 1.97. The molecule has 0 spiro atoms. The molecule has 0 saturated carbocycles. The van der Waals surface area contributed by atoms with Gasteiger partial charge in [0.25, 0.3) is 0 Å². The quantitative estimate of drug-likeness (QED) is 0.456. The predicted octanol–water partition coefficient (Wildman–Crippen LogP) is 2.07. The highest BCUT2D eigenvalue weighted by molar-refractivity contribution is 14.1. The van der Waals surface area contributed by atoms with Crippen molar-refractivity contribution in [3.05, 3.63) is 0 Å². The molecule has 0 bridgehead atoms. The SMILES string of the molecule is C[C@@H]([C@@H]1CCC(I)C(O)O1)N(C)[S+]([O-])C(C)(C)C. The van der Waals surface area contributed by atoms with Crippen LogP contribution in [0.4, 0.5) is 0 Å². The molecule has 1 aliphatic rings. The molecule has 0 aromatic rings. The third kappa shape index (κ3) is 4.21. The Labute approximate surface area is 127 Å². The van der Waals surface area contributed by atoms with Crippen molar-refractivity contribution in [2.45, 2.75) is 67.6 Å². The van der Waals surface area contributed by atoms with Crippen molar-refractivity contribution < 1.29 is 14.4 Å². The summed E-state index contributed by atoms with van der Waals surface area (Å²) in [6, 6.07) is 0.0311. The Morgan fingerprint density at radius 2 is 2.00 bits per heavy atom. The Balaban J connectivity index is 2.61. The van der Waals surface area contributed by atoms with Gasteiger partial charge in [-0.2, -0.15) is 0 Å². The first kappa shape index (κ1) is 17.0. The molecule has 1 fully saturated rings. The molecular weight excluding hydrogens is 365 g/mol. The van der Waals surface area contributed by atoms with Crippen molar-refractivity contribution in [3.8, 4) is 0 Å². The average Bonchev–Trinajstić information content (AvgIpc) is 2.28. The van der Waals surface area contributed by atoms with Gasteiger partial charge < -0.3 is 14.4 Å². The van der Waals surface area contributed by atoms with Crippen LogP contribution in [0.3, 0.4) is 0 Å². The van der Waals surface area contributed by atoms with Crippen LogP contribution in [-0.2, 0) is 16.1 Å². The molecule has 4 nitrogen and oxygen atoms in total. The van der Waals surface area contributed by atoms with E-state index in [4.69, 9.17) is 4.74 Å². The minimum absolute atomic E-state index is 0.0311. The van der Waals surface area contributed by atoms with Crippen LogP contribution in [0.5, 0.6) is 0 Å². The van der Waals surface area contributed by atoms with E-state index in [0.717, 1.165) is 12.8 Å². The van der Waals surface area contributed by atoms with E-state index < -0.39 is 17.7 Å². The number of alkyl halides is 1. The molecule has 18 heavy (non-hydrogen) atoms. The van der Waals surface area contributed by atoms with E-state index in [-0.39, 0.29) is 20.8 Å². The Hall–Kier alpha value is 0.920. The van der Waals surface area contributed by atoms with Gasteiger partial charge in [-0.05, 0) is 40.5 Å². The Morgan fingerprint density at radius 3 is 2.44 bits per heavy atom. The maximum Gasteiger partial charge on any atom is 0.166 e. The fraction of sp³-hybridized carbons (Fsp3) is 1.00. The summed E-state index contributed by atoms with van der Waals surface area (Å²) in [7, 11) is 1.86. The topological polar surface area (TPSA) is 55.8 Å². The summed E-state index contributed by atoms with van der Waals surface area (Å²) < 4.78 is 19.7. The molecule has 0 amide bonds. The number of aliphatic hydroxyl groups excluding tert-OH is 1. The third-order valence-corrected chi connectivity index (χ3v) is 6.39. The number of rotatable bonds is 3. The van der Waals surface area contributed by atoms with E-state index in [1.807, 2.05) is 39.0 Å². The second-order valence-electron chi connectivity index (χ2n) is 5.81. The van der Waals surface area contributed by atoms with Gasteiger partial charge in [-0.25, -0.2) is 0 Å². The van der Waals surface area contributed by atoms with Crippen LogP contribution in [0.25, 0.3) is 0 Å². The largest absolute Gasteiger partial charge is 0.597 e. The summed E-state index contributed by atoms with van der Waals surface area (Å²) in [5.74, 6) is 0. The van der Waals surface area contributed by atoms with Gasteiger partial charge in [0.05, 0.1) is 16.1 Å². The van der Waals surface area contributed by atoms with E-state index >= 15 is 0 Å². The number of hydrogen-bond donors (Lipinski definition) is 1. The lowest BCUT2D eigenvalue weighted by atomic mass is 10.0. The van der Waals surface area contributed by atoms with Crippen LogP contribution in [0.1, 0.15) is 40.5 Å². The molecule has 1 aliphatic heterocycles. The molecule has 0 aromatic carbocycles. The van der Waals surface area contributed by atoms with Gasteiger partial charge in [0.1, 0.15) is 4.75 Å². The summed E-state index contributed by atoms with van der Waals surface area (Å²) in [5, 5.41) is 9.75. The first-order chi connectivity index (χ1) is 8.14. The van der Waals surface area contributed by atoms with Crippen molar-refractivity contribution in [2.75, 3.05) is 7.05 Å². The van der Waals surface area contributed by atoms with Crippen molar-refractivity contribution in [3.63, 3.8) is 0 Å². The number of halogens is 1. The van der Waals surface area contributed by atoms with Gasteiger partial charge in [0, 0.05) is 18.4 Å². The van der Waals surface area contributed by atoms with Crippen molar-refractivity contribution in [1.29, 1.82) is 0 Å². The van der Waals surface area contributed by atoms with Crippen LogP contribution < -0.4 is 0 Å². The summed E-state index contributed by atoms with van der Waals surface area (Å²) in [5.41, 5.74) is 0. The maximum absolute atomic E-state index is 12.3. The molecule has 0 aliphatic carbocycles. The second-order valence-corrected chi connectivity index (χ2v) is 9.71. The zero-order chi connectivity index (χ0) is 14.1. The van der Waals surface area contributed by atoms with Gasteiger partial charge in [-0.3, -0.25) is 0 Å². The van der Waals surface area contributed by atoms with Crippen LogP contribution in [-0.4, -0.2) is 48.1 Å². The number of likely N-dealkylation sites (N-methyl/N-ethyl adjacent to an activating group) is 1. The van der Waals surface area contributed by atoms with E-state index in [1.54, 1.807) is 0 Å². The molecule has 5 atom stereocenters. The Morgan fingerprint density at radius 1 is 1.44 bits per heavy atom. The molecule has 3 unspecified atom stereocenters. The van der Waals surface area contributed by atoms with E-state index in [2.05, 4.69) is 22.6 Å². The minimum atomic E-state index is -1.06. The normalized spacial score (nSPS) is 33.5. The third-order valence-electron chi connectivity index (χ3n) is 3.25. The number of ether oxygens (including phenoxy) is 1. The molecule has 108 valence electrons. The van der Waals surface area contributed by atoms with Gasteiger partial charge in [-0.1, -0.05) is 22.6 Å². The molecule has 1 heterocycles. The number of hydrogen-bond acceptors (Lipinski definition) is 4. The first-order valence-electron chi connectivity index (χ1n) is 6.27. The zero-order valence-corrected chi connectivity index (χ0v) is 14.7. The van der Waals surface area contributed by atoms with Crippen molar-refractivity contribution in [2.24, 2.45) is 0 Å². The van der Waals surface area contributed by atoms with Crippen LogP contribution >= 0.6 is 22.6 Å². The summed E-state index contributed by atoms with van der Waals surface area (Å²) in [6.45, 7) is 7.89. The average molecular weight is 389 g/mol. The Kier molecular flexibility index (Phi) is 6.21. The highest BCUT2D eigenvalue weighted by Gasteiger charge is 2.39. The van der Waals surface area contributed by atoms with Crippen molar-refractivity contribution in [1.82, 2.24) is 4.31 Å². The van der Waals surface area contributed by atoms with E-state index in [9.17, 15) is 9.66 Å². The summed E-state index contributed by atoms with van der Waals surface area (Å²) in [4.78, 5) is 0. The highest BCUT2D eigenvalue weighted by atomic mass is 127.